The van der Waals surface area contributed by atoms with E-state index in [1.54, 1.807) is 13.4 Å². The van der Waals surface area contributed by atoms with Crippen LogP contribution in [0.5, 0.6) is 5.88 Å². The van der Waals surface area contributed by atoms with Gasteiger partial charge in [0, 0.05) is 24.8 Å². The first-order valence-electron chi connectivity index (χ1n) is 10.5. The van der Waals surface area contributed by atoms with Crippen molar-refractivity contribution in [2.75, 3.05) is 18.6 Å². The Morgan fingerprint density at radius 1 is 1.10 bits per heavy atom. The molecule has 0 fully saturated rings. The lowest BCUT2D eigenvalue weighted by atomic mass is 10.2. The third-order valence-electron chi connectivity index (χ3n) is 5.85. The maximum Gasteiger partial charge on any atom is 0.243 e. The van der Waals surface area contributed by atoms with E-state index in [-0.39, 0.29) is 0 Å². The number of ether oxygens (including phenoxy) is 1. The van der Waals surface area contributed by atoms with Crippen molar-refractivity contribution in [3.05, 3.63) is 41.6 Å². The van der Waals surface area contributed by atoms with Crippen LogP contribution in [0.3, 0.4) is 0 Å². The number of pyridine rings is 1. The number of aromatic nitrogens is 7. The van der Waals surface area contributed by atoms with E-state index in [0.29, 0.717) is 5.88 Å². The summed E-state index contributed by atoms with van der Waals surface area (Å²) in [5.74, 6) is 2.44. The van der Waals surface area contributed by atoms with Crippen LogP contribution in [0.4, 0.5) is 11.8 Å². The monoisotopic (exact) mass is 434 g/mol. The van der Waals surface area contributed by atoms with Gasteiger partial charge in [0.25, 0.3) is 0 Å². The second kappa shape index (κ2) is 7.16. The van der Waals surface area contributed by atoms with Crippen molar-refractivity contribution >= 4 is 23.3 Å². The molecule has 6 rings (SSSR count). The van der Waals surface area contributed by atoms with Gasteiger partial charge in [-0.1, -0.05) is 0 Å². The number of methoxy groups -OCH3 is 1. The van der Waals surface area contributed by atoms with Crippen LogP contribution in [0.2, 0.25) is 0 Å². The molecule has 0 N–H and O–H groups in total. The number of hydrogen-bond acceptors (Lipinski definition) is 8. The second-order valence-electron chi connectivity index (χ2n) is 7.88. The van der Waals surface area contributed by atoms with E-state index in [9.17, 15) is 0 Å². The van der Waals surface area contributed by atoms with Gasteiger partial charge in [-0.15, -0.1) is 0 Å². The van der Waals surface area contributed by atoms with E-state index in [1.807, 2.05) is 29.8 Å². The summed E-state index contributed by atoms with van der Waals surface area (Å²) in [6, 6.07) is 3.93. The fourth-order valence-corrected chi connectivity index (χ4v) is 5.08. The first-order valence-corrected chi connectivity index (χ1v) is 11.2. The first-order chi connectivity index (χ1) is 15.2. The highest BCUT2D eigenvalue weighted by molar-refractivity contribution is 7.09. The van der Waals surface area contributed by atoms with E-state index < -0.39 is 0 Å². The van der Waals surface area contributed by atoms with Gasteiger partial charge in [0.2, 0.25) is 11.8 Å². The van der Waals surface area contributed by atoms with E-state index in [1.165, 1.54) is 35.0 Å². The Morgan fingerprint density at radius 2 is 2.03 bits per heavy atom. The number of fused-ring (bicyclic) bond motifs is 3. The standard InChI is InChI=1S/C21H22N8OS/c1-13-11-27(12-22-13)17-8-7-16(23-18(17)30-2)19-24-21(26-31-19)28-9-4-10-29-20(28)14-5-3-6-15(14)25-29/h7-8,11-12H,3-6,9-10H2,1-2H3. The molecule has 2 aliphatic rings. The van der Waals surface area contributed by atoms with E-state index in [4.69, 9.17) is 19.8 Å². The Kier molecular flexibility index (Phi) is 4.27. The Labute approximate surface area is 183 Å². The summed E-state index contributed by atoms with van der Waals surface area (Å²) in [6.45, 7) is 3.82. The van der Waals surface area contributed by atoms with Gasteiger partial charge in [0.05, 0.1) is 24.8 Å². The number of nitrogens with zero attached hydrogens (tertiary/aromatic N) is 8. The van der Waals surface area contributed by atoms with Crippen molar-refractivity contribution in [3.8, 4) is 22.3 Å². The molecular weight excluding hydrogens is 412 g/mol. The Bertz CT molecular complexity index is 1270. The molecule has 9 nitrogen and oxygen atoms in total. The molecule has 31 heavy (non-hydrogen) atoms. The quantitative estimate of drug-likeness (QED) is 0.487. The van der Waals surface area contributed by atoms with Gasteiger partial charge in [-0.05, 0) is 56.3 Å². The molecule has 0 radical (unpaired) electrons. The third-order valence-corrected chi connectivity index (χ3v) is 6.58. The molecule has 1 aliphatic heterocycles. The number of imidazole rings is 1. The molecule has 158 valence electrons. The fraction of sp³-hybridized carbons (Fsp3) is 0.381. The van der Waals surface area contributed by atoms with Crippen LogP contribution < -0.4 is 9.64 Å². The van der Waals surface area contributed by atoms with Gasteiger partial charge in [0.1, 0.15) is 17.2 Å². The molecule has 5 heterocycles. The second-order valence-corrected chi connectivity index (χ2v) is 8.63. The summed E-state index contributed by atoms with van der Waals surface area (Å²) < 4.78 is 14.3. The highest BCUT2D eigenvalue weighted by atomic mass is 32.1. The molecule has 0 unspecified atom stereocenters. The smallest absolute Gasteiger partial charge is 0.243 e. The zero-order valence-corrected chi connectivity index (χ0v) is 18.3. The SMILES string of the molecule is COc1nc(-c2nc(N3CCCn4nc5c(c43)CCC5)ns2)ccc1-n1cnc(C)c1. The van der Waals surface area contributed by atoms with Crippen molar-refractivity contribution in [2.24, 2.45) is 0 Å². The topological polar surface area (TPSA) is 86.8 Å². The summed E-state index contributed by atoms with van der Waals surface area (Å²) in [5, 5.41) is 5.59. The predicted octanol–water partition coefficient (Wildman–Crippen LogP) is 3.33. The largest absolute Gasteiger partial charge is 0.479 e. The molecule has 1 aliphatic carbocycles. The van der Waals surface area contributed by atoms with Crippen LogP contribution in [0.25, 0.3) is 16.4 Å². The zero-order chi connectivity index (χ0) is 20.9. The maximum absolute atomic E-state index is 5.56. The average molecular weight is 435 g/mol. The van der Waals surface area contributed by atoms with Crippen LogP contribution in [0.15, 0.2) is 24.7 Å². The van der Waals surface area contributed by atoms with Gasteiger partial charge in [-0.25, -0.2) is 14.6 Å². The molecular formula is C21H22N8OS. The third kappa shape index (κ3) is 3.01. The summed E-state index contributed by atoms with van der Waals surface area (Å²) in [6.07, 6.45) is 8.09. The Morgan fingerprint density at radius 3 is 2.87 bits per heavy atom. The van der Waals surface area contributed by atoms with Gasteiger partial charge in [-0.3, -0.25) is 4.90 Å². The minimum atomic E-state index is 0.528. The Balaban J connectivity index is 1.35. The molecule has 0 atom stereocenters. The van der Waals surface area contributed by atoms with Crippen molar-refractivity contribution < 1.29 is 4.74 Å². The average Bonchev–Trinajstić information content (AvgIpc) is 3.56. The van der Waals surface area contributed by atoms with Crippen LogP contribution in [0.1, 0.15) is 29.8 Å². The summed E-state index contributed by atoms with van der Waals surface area (Å²) >= 11 is 1.36. The Hall–Kier alpha value is -3.27. The zero-order valence-electron chi connectivity index (χ0n) is 17.4. The molecule has 0 amide bonds. The van der Waals surface area contributed by atoms with E-state index >= 15 is 0 Å². The molecule has 0 bridgehead atoms. The summed E-state index contributed by atoms with van der Waals surface area (Å²) in [4.78, 5) is 16.1. The van der Waals surface area contributed by atoms with Crippen molar-refractivity contribution in [1.29, 1.82) is 0 Å². The van der Waals surface area contributed by atoms with Crippen LogP contribution in [0, 0.1) is 6.92 Å². The van der Waals surface area contributed by atoms with Crippen LogP contribution in [-0.4, -0.2) is 47.3 Å². The van der Waals surface area contributed by atoms with E-state index in [2.05, 4.69) is 18.9 Å². The fourth-order valence-electron chi connectivity index (χ4n) is 4.45. The molecule has 0 saturated carbocycles. The lowest BCUT2D eigenvalue weighted by Crippen LogP contribution is -2.29. The predicted molar refractivity (Wildman–Crippen MR) is 117 cm³/mol. The first kappa shape index (κ1) is 18.5. The van der Waals surface area contributed by atoms with Gasteiger partial charge < -0.3 is 9.30 Å². The summed E-state index contributed by atoms with van der Waals surface area (Å²) in [7, 11) is 1.63. The molecule has 0 saturated heterocycles. The molecule has 4 aromatic heterocycles. The van der Waals surface area contributed by atoms with Gasteiger partial charge >= 0.3 is 0 Å². The van der Waals surface area contributed by atoms with Crippen molar-refractivity contribution in [1.82, 2.24) is 33.7 Å². The number of rotatable bonds is 4. The number of hydrogen-bond donors (Lipinski definition) is 0. The maximum atomic E-state index is 5.56. The molecule has 4 aromatic rings. The lowest BCUT2D eigenvalue weighted by molar-refractivity contribution is 0.396. The van der Waals surface area contributed by atoms with Crippen LogP contribution >= 0.6 is 11.5 Å². The lowest BCUT2D eigenvalue weighted by Gasteiger charge is -2.27. The van der Waals surface area contributed by atoms with E-state index in [0.717, 1.165) is 60.4 Å². The highest BCUT2D eigenvalue weighted by Gasteiger charge is 2.31. The minimum Gasteiger partial charge on any atom is -0.479 e. The van der Waals surface area contributed by atoms with Crippen LogP contribution in [-0.2, 0) is 19.4 Å². The molecule has 0 spiro atoms. The van der Waals surface area contributed by atoms with Crippen molar-refractivity contribution in [3.63, 3.8) is 0 Å². The normalized spacial score (nSPS) is 15.2. The number of aryl methyl sites for hydroxylation is 3. The summed E-state index contributed by atoms with van der Waals surface area (Å²) in [5.41, 5.74) is 5.14. The molecule has 10 heteroatoms. The van der Waals surface area contributed by atoms with Gasteiger partial charge in [0.15, 0.2) is 5.01 Å². The minimum absolute atomic E-state index is 0.528. The van der Waals surface area contributed by atoms with Gasteiger partial charge in [-0.2, -0.15) is 14.5 Å². The highest BCUT2D eigenvalue weighted by Crippen LogP contribution is 2.38. The molecule has 0 aromatic carbocycles. The van der Waals surface area contributed by atoms with Crippen molar-refractivity contribution in [2.45, 2.75) is 39.2 Å². The number of anilines is 2.